The fourth-order valence-electron chi connectivity index (χ4n) is 1.89. The number of pyridine rings is 1. The van der Waals surface area contributed by atoms with Gasteiger partial charge in [-0.15, -0.1) is 0 Å². The fourth-order valence-corrected chi connectivity index (χ4v) is 3.26. The molecule has 110 valence electrons. The lowest BCUT2D eigenvalue weighted by Gasteiger charge is -2.14. The van der Waals surface area contributed by atoms with Crippen LogP contribution in [0.5, 0.6) is 0 Å². The molecule has 21 heavy (non-hydrogen) atoms. The SMILES string of the molecule is COC(=O)c1cc(Br)cc(Br)c1NCc1cnccc1C. The Labute approximate surface area is 140 Å². The highest BCUT2D eigenvalue weighted by Gasteiger charge is 2.16. The summed E-state index contributed by atoms with van der Waals surface area (Å²) in [6.45, 7) is 2.60. The molecule has 1 N–H and O–H groups in total. The standard InChI is InChI=1S/C15H14Br2N2O2/c1-9-3-4-18-7-10(9)8-19-14-12(15(20)21-2)5-11(16)6-13(14)17/h3-7,19H,8H2,1-2H3. The van der Waals surface area contributed by atoms with E-state index in [1.165, 1.54) is 7.11 Å². The Balaban J connectivity index is 2.31. The summed E-state index contributed by atoms with van der Waals surface area (Å²) in [7, 11) is 1.37. The number of aryl methyl sites for hydroxylation is 1. The van der Waals surface area contributed by atoms with Gasteiger partial charge in [0.15, 0.2) is 0 Å². The van der Waals surface area contributed by atoms with Crippen LogP contribution in [-0.4, -0.2) is 18.1 Å². The molecule has 0 atom stereocenters. The fraction of sp³-hybridized carbons (Fsp3) is 0.200. The summed E-state index contributed by atoms with van der Waals surface area (Å²) in [6.07, 6.45) is 3.57. The van der Waals surface area contributed by atoms with Crippen molar-refractivity contribution < 1.29 is 9.53 Å². The minimum atomic E-state index is -0.387. The maximum atomic E-state index is 11.9. The van der Waals surface area contributed by atoms with Crippen LogP contribution in [0.1, 0.15) is 21.5 Å². The molecule has 0 aliphatic heterocycles. The topological polar surface area (TPSA) is 51.2 Å². The van der Waals surface area contributed by atoms with Crippen molar-refractivity contribution in [1.82, 2.24) is 4.98 Å². The molecule has 4 nitrogen and oxygen atoms in total. The number of carbonyl (C=O) groups is 1. The molecule has 0 unspecified atom stereocenters. The minimum Gasteiger partial charge on any atom is -0.465 e. The predicted octanol–water partition coefficient (Wildman–Crippen LogP) is 4.31. The number of aromatic nitrogens is 1. The average molecular weight is 414 g/mol. The molecule has 0 aliphatic rings. The molecule has 0 fully saturated rings. The van der Waals surface area contributed by atoms with Crippen molar-refractivity contribution in [2.45, 2.75) is 13.5 Å². The lowest BCUT2D eigenvalue weighted by Crippen LogP contribution is -2.10. The maximum absolute atomic E-state index is 11.9. The number of carbonyl (C=O) groups excluding carboxylic acids is 1. The van der Waals surface area contributed by atoms with Crippen LogP contribution in [0.3, 0.4) is 0 Å². The molecule has 1 aromatic carbocycles. The smallest absolute Gasteiger partial charge is 0.340 e. The van der Waals surface area contributed by atoms with Gasteiger partial charge < -0.3 is 10.1 Å². The zero-order valence-electron chi connectivity index (χ0n) is 11.6. The summed E-state index contributed by atoms with van der Waals surface area (Å²) in [6, 6.07) is 5.56. The summed E-state index contributed by atoms with van der Waals surface area (Å²) in [5.41, 5.74) is 3.39. The van der Waals surface area contributed by atoms with Crippen LogP contribution < -0.4 is 5.32 Å². The van der Waals surface area contributed by atoms with E-state index in [1.807, 2.05) is 25.3 Å². The Morgan fingerprint density at radius 2 is 2.14 bits per heavy atom. The van der Waals surface area contributed by atoms with E-state index in [2.05, 4.69) is 42.2 Å². The second-order valence-corrected chi connectivity index (χ2v) is 6.23. The first-order valence-corrected chi connectivity index (χ1v) is 7.82. The number of nitrogens with one attached hydrogen (secondary N) is 1. The monoisotopic (exact) mass is 412 g/mol. The number of rotatable bonds is 4. The first kappa shape index (κ1) is 16.0. The molecule has 1 heterocycles. The molecule has 0 aliphatic carbocycles. The molecule has 6 heteroatoms. The second kappa shape index (κ2) is 7.04. The quantitative estimate of drug-likeness (QED) is 0.758. The van der Waals surface area contributed by atoms with Gasteiger partial charge in [-0.05, 0) is 52.2 Å². The Bertz CT molecular complexity index is 675. The van der Waals surface area contributed by atoms with E-state index in [-0.39, 0.29) is 5.97 Å². The van der Waals surface area contributed by atoms with Crippen LogP contribution in [0.25, 0.3) is 0 Å². The van der Waals surface area contributed by atoms with E-state index in [9.17, 15) is 4.79 Å². The number of esters is 1. The van der Waals surface area contributed by atoms with Crippen LogP contribution in [0.4, 0.5) is 5.69 Å². The summed E-state index contributed by atoms with van der Waals surface area (Å²) in [5, 5.41) is 3.27. The third-order valence-electron chi connectivity index (χ3n) is 3.06. The zero-order chi connectivity index (χ0) is 15.4. The number of hydrogen-bond donors (Lipinski definition) is 1. The summed E-state index contributed by atoms with van der Waals surface area (Å²) in [5.74, 6) is -0.387. The van der Waals surface area contributed by atoms with Gasteiger partial charge >= 0.3 is 5.97 Å². The molecule has 2 rings (SSSR count). The second-order valence-electron chi connectivity index (χ2n) is 4.46. The maximum Gasteiger partial charge on any atom is 0.340 e. The van der Waals surface area contributed by atoms with Gasteiger partial charge in [-0.2, -0.15) is 0 Å². The molecule has 0 bridgehead atoms. The number of hydrogen-bond acceptors (Lipinski definition) is 4. The molecule has 0 amide bonds. The number of methoxy groups -OCH3 is 1. The van der Waals surface area contributed by atoms with Crippen LogP contribution in [0.15, 0.2) is 39.5 Å². The molecule has 0 saturated carbocycles. The highest BCUT2D eigenvalue weighted by molar-refractivity contribution is 9.11. The molecule has 0 spiro atoms. The van der Waals surface area contributed by atoms with Crippen molar-refractivity contribution in [3.05, 3.63) is 56.2 Å². The van der Waals surface area contributed by atoms with Gasteiger partial charge in [-0.3, -0.25) is 4.98 Å². The van der Waals surface area contributed by atoms with Gasteiger partial charge in [0.25, 0.3) is 0 Å². The summed E-state index contributed by atoms with van der Waals surface area (Å²) >= 11 is 6.85. The van der Waals surface area contributed by atoms with Gasteiger partial charge in [-0.25, -0.2) is 4.79 Å². The van der Waals surface area contributed by atoms with Gasteiger partial charge in [0, 0.05) is 27.9 Å². The Morgan fingerprint density at radius 3 is 2.81 bits per heavy atom. The third-order valence-corrected chi connectivity index (χ3v) is 4.15. The third kappa shape index (κ3) is 3.83. The Morgan fingerprint density at radius 1 is 1.38 bits per heavy atom. The minimum absolute atomic E-state index is 0.387. The number of halogens is 2. The first-order chi connectivity index (χ1) is 10.0. The zero-order valence-corrected chi connectivity index (χ0v) is 14.8. The normalized spacial score (nSPS) is 10.3. The Hall–Kier alpha value is -1.40. The van der Waals surface area contributed by atoms with Crippen LogP contribution in [0, 0.1) is 6.92 Å². The van der Waals surface area contributed by atoms with E-state index in [0.717, 1.165) is 20.1 Å². The van der Waals surface area contributed by atoms with Crippen LogP contribution in [-0.2, 0) is 11.3 Å². The van der Waals surface area contributed by atoms with E-state index >= 15 is 0 Å². The first-order valence-electron chi connectivity index (χ1n) is 6.23. The average Bonchev–Trinajstić information content (AvgIpc) is 2.46. The molecule has 1 aromatic heterocycles. The van der Waals surface area contributed by atoms with Crippen molar-refractivity contribution in [1.29, 1.82) is 0 Å². The van der Waals surface area contributed by atoms with E-state index in [1.54, 1.807) is 12.3 Å². The lowest BCUT2D eigenvalue weighted by atomic mass is 10.1. The van der Waals surface area contributed by atoms with E-state index in [4.69, 9.17) is 4.74 Å². The predicted molar refractivity (Wildman–Crippen MR) is 89.5 cm³/mol. The molecular formula is C15H14Br2N2O2. The Kier molecular flexibility index (Phi) is 5.36. The van der Waals surface area contributed by atoms with Crippen molar-refractivity contribution in [2.75, 3.05) is 12.4 Å². The van der Waals surface area contributed by atoms with Gasteiger partial charge in [0.05, 0.1) is 18.4 Å². The van der Waals surface area contributed by atoms with Crippen molar-refractivity contribution in [2.24, 2.45) is 0 Å². The number of benzene rings is 1. The van der Waals surface area contributed by atoms with Gasteiger partial charge in [0.1, 0.15) is 0 Å². The summed E-state index contributed by atoms with van der Waals surface area (Å²) in [4.78, 5) is 16.0. The van der Waals surface area contributed by atoms with Gasteiger partial charge in [-0.1, -0.05) is 15.9 Å². The molecule has 0 radical (unpaired) electrons. The van der Waals surface area contributed by atoms with Crippen molar-refractivity contribution >= 4 is 43.5 Å². The van der Waals surface area contributed by atoms with Crippen LogP contribution >= 0.6 is 31.9 Å². The number of anilines is 1. The van der Waals surface area contributed by atoms with Crippen molar-refractivity contribution in [3.8, 4) is 0 Å². The molecule has 0 saturated heterocycles. The largest absolute Gasteiger partial charge is 0.465 e. The summed E-state index contributed by atoms with van der Waals surface area (Å²) < 4.78 is 6.42. The highest BCUT2D eigenvalue weighted by Crippen LogP contribution is 2.31. The lowest BCUT2D eigenvalue weighted by molar-refractivity contribution is 0.0601. The van der Waals surface area contributed by atoms with E-state index < -0.39 is 0 Å². The highest BCUT2D eigenvalue weighted by atomic mass is 79.9. The number of ether oxygens (including phenoxy) is 1. The van der Waals surface area contributed by atoms with Crippen molar-refractivity contribution in [3.63, 3.8) is 0 Å². The van der Waals surface area contributed by atoms with Crippen LogP contribution in [0.2, 0.25) is 0 Å². The number of nitrogens with zero attached hydrogens (tertiary/aromatic N) is 1. The van der Waals surface area contributed by atoms with E-state index in [0.29, 0.717) is 17.8 Å². The molecular weight excluding hydrogens is 400 g/mol. The van der Waals surface area contributed by atoms with Gasteiger partial charge in [0.2, 0.25) is 0 Å². The molecule has 2 aromatic rings.